The van der Waals surface area contributed by atoms with Gasteiger partial charge >= 0.3 is 12.2 Å². The molecule has 0 aromatic carbocycles. The summed E-state index contributed by atoms with van der Waals surface area (Å²) in [4.78, 5) is 23.7. The summed E-state index contributed by atoms with van der Waals surface area (Å²) < 4.78 is 4.16. The zero-order valence-corrected chi connectivity index (χ0v) is 11.0. The SMILES string of the molecule is CC(C)(C)N1CC[C@H](NC(=O)OC(N)=O)[C@@H](O)C1. The van der Waals surface area contributed by atoms with Crippen molar-refractivity contribution >= 4 is 12.2 Å². The van der Waals surface area contributed by atoms with Gasteiger partial charge in [-0.15, -0.1) is 0 Å². The summed E-state index contributed by atoms with van der Waals surface area (Å²) in [5.74, 6) is 0. The molecule has 0 bridgehead atoms. The van der Waals surface area contributed by atoms with Gasteiger partial charge in [0.05, 0.1) is 12.1 Å². The summed E-state index contributed by atoms with van der Waals surface area (Å²) in [7, 11) is 0. The predicted octanol–water partition coefficient (Wildman–Crippen LogP) is 0.0250. The molecule has 0 unspecified atom stereocenters. The Bertz CT molecular complexity index is 327. The van der Waals surface area contributed by atoms with E-state index in [1.807, 2.05) is 0 Å². The van der Waals surface area contributed by atoms with E-state index in [1.54, 1.807) is 0 Å². The standard InChI is InChI=1S/C11H21N3O4/c1-11(2,3)14-5-4-7(8(15)6-14)13-10(17)18-9(12)16/h7-8,15H,4-6H2,1-3H3,(H2,12,16)(H,13,17)/t7-,8-/m0/s1. The molecule has 1 aliphatic heterocycles. The fraction of sp³-hybridized carbons (Fsp3) is 0.818. The van der Waals surface area contributed by atoms with Crippen molar-refractivity contribution in [1.82, 2.24) is 10.2 Å². The molecule has 0 aromatic heterocycles. The summed E-state index contributed by atoms with van der Waals surface area (Å²) in [6, 6.07) is -0.421. The van der Waals surface area contributed by atoms with Gasteiger partial charge in [-0.05, 0) is 27.2 Å². The highest BCUT2D eigenvalue weighted by Crippen LogP contribution is 2.20. The minimum absolute atomic E-state index is 0.0281. The first-order chi connectivity index (χ1) is 8.20. The maximum absolute atomic E-state index is 11.2. The summed E-state index contributed by atoms with van der Waals surface area (Å²) in [6.07, 6.45) is -2.19. The molecule has 1 heterocycles. The molecule has 0 aromatic rings. The number of ether oxygens (including phenoxy) is 1. The van der Waals surface area contributed by atoms with Crippen LogP contribution in [0.3, 0.4) is 0 Å². The highest BCUT2D eigenvalue weighted by atomic mass is 16.6. The number of likely N-dealkylation sites (tertiary alicyclic amines) is 1. The molecule has 1 aliphatic rings. The Labute approximate surface area is 106 Å². The largest absolute Gasteiger partial charge is 0.416 e. The number of piperidine rings is 1. The molecule has 0 spiro atoms. The molecule has 104 valence electrons. The van der Waals surface area contributed by atoms with Crippen molar-refractivity contribution in [3.8, 4) is 0 Å². The van der Waals surface area contributed by atoms with E-state index in [9.17, 15) is 14.7 Å². The molecule has 1 rings (SSSR count). The second-order valence-corrected chi connectivity index (χ2v) is 5.43. The molecular weight excluding hydrogens is 238 g/mol. The number of nitrogens with one attached hydrogen (secondary N) is 1. The Morgan fingerprint density at radius 2 is 2.06 bits per heavy atom. The van der Waals surface area contributed by atoms with Gasteiger partial charge in [0, 0.05) is 18.6 Å². The van der Waals surface area contributed by atoms with Gasteiger partial charge < -0.3 is 20.9 Å². The van der Waals surface area contributed by atoms with Crippen molar-refractivity contribution in [2.24, 2.45) is 5.73 Å². The molecule has 0 aliphatic carbocycles. The van der Waals surface area contributed by atoms with Gasteiger partial charge in [-0.1, -0.05) is 0 Å². The number of amides is 2. The zero-order valence-electron chi connectivity index (χ0n) is 11.0. The van der Waals surface area contributed by atoms with Crippen LogP contribution < -0.4 is 11.1 Å². The van der Waals surface area contributed by atoms with Crippen LogP contribution in [0, 0.1) is 0 Å². The number of alkyl carbamates (subject to hydrolysis) is 1. The summed E-state index contributed by atoms with van der Waals surface area (Å²) in [5, 5.41) is 12.4. The smallest absolute Gasteiger partial charge is 0.390 e. The van der Waals surface area contributed by atoms with Gasteiger partial charge in [0.2, 0.25) is 0 Å². The molecule has 4 N–H and O–H groups in total. The first-order valence-corrected chi connectivity index (χ1v) is 5.91. The van der Waals surface area contributed by atoms with Crippen LogP contribution in [0.25, 0.3) is 0 Å². The molecule has 0 radical (unpaired) electrons. The average Bonchev–Trinajstić information content (AvgIpc) is 2.18. The molecule has 7 heteroatoms. The highest BCUT2D eigenvalue weighted by Gasteiger charge is 2.33. The number of β-amino-alcohol motifs (C(OH)–C–C–N with tert-alkyl or cyclic N) is 1. The Hall–Kier alpha value is -1.34. The third kappa shape index (κ3) is 4.15. The molecule has 18 heavy (non-hydrogen) atoms. The minimum atomic E-state index is -1.16. The molecular formula is C11H21N3O4. The number of carbonyl (C=O) groups excluding carboxylic acids is 2. The minimum Gasteiger partial charge on any atom is -0.390 e. The summed E-state index contributed by atoms with van der Waals surface area (Å²) in [6.45, 7) is 7.41. The van der Waals surface area contributed by atoms with Crippen molar-refractivity contribution in [2.45, 2.75) is 44.9 Å². The number of rotatable bonds is 1. The van der Waals surface area contributed by atoms with Crippen molar-refractivity contribution < 1.29 is 19.4 Å². The van der Waals surface area contributed by atoms with Crippen LogP contribution >= 0.6 is 0 Å². The van der Waals surface area contributed by atoms with E-state index in [0.29, 0.717) is 13.0 Å². The number of hydrogen-bond donors (Lipinski definition) is 3. The molecule has 2 atom stereocenters. The number of primary amides is 1. The average molecular weight is 259 g/mol. The maximum atomic E-state index is 11.2. The quantitative estimate of drug-likeness (QED) is 0.576. The maximum Gasteiger partial charge on any atom is 0.416 e. The van der Waals surface area contributed by atoms with Gasteiger partial charge in [-0.2, -0.15) is 0 Å². The summed E-state index contributed by atoms with van der Waals surface area (Å²) >= 11 is 0. The number of carbonyl (C=O) groups is 2. The molecule has 0 saturated carbocycles. The van der Waals surface area contributed by atoms with Crippen LogP contribution in [0.1, 0.15) is 27.2 Å². The van der Waals surface area contributed by atoms with Gasteiger partial charge in [-0.25, -0.2) is 9.59 Å². The van der Waals surface area contributed by atoms with E-state index in [2.05, 4.69) is 35.7 Å². The Morgan fingerprint density at radius 1 is 1.44 bits per heavy atom. The Balaban J connectivity index is 2.48. The van der Waals surface area contributed by atoms with E-state index in [1.165, 1.54) is 0 Å². The first-order valence-electron chi connectivity index (χ1n) is 5.91. The van der Waals surface area contributed by atoms with Gasteiger partial charge in [0.15, 0.2) is 0 Å². The lowest BCUT2D eigenvalue weighted by molar-refractivity contribution is 0.00132. The van der Waals surface area contributed by atoms with E-state index in [0.717, 1.165) is 6.54 Å². The number of aliphatic hydroxyl groups excluding tert-OH is 1. The van der Waals surface area contributed by atoms with Crippen molar-refractivity contribution in [3.05, 3.63) is 0 Å². The fourth-order valence-electron chi connectivity index (χ4n) is 1.98. The zero-order chi connectivity index (χ0) is 13.9. The van der Waals surface area contributed by atoms with Gasteiger partial charge in [-0.3, -0.25) is 4.90 Å². The lowest BCUT2D eigenvalue weighted by atomic mass is 9.96. The van der Waals surface area contributed by atoms with Crippen molar-refractivity contribution in [1.29, 1.82) is 0 Å². The topological polar surface area (TPSA) is 105 Å². The Morgan fingerprint density at radius 3 is 2.50 bits per heavy atom. The van der Waals surface area contributed by atoms with Crippen molar-refractivity contribution in [3.63, 3.8) is 0 Å². The lowest BCUT2D eigenvalue weighted by Crippen LogP contribution is -2.58. The van der Waals surface area contributed by atoms with Gasteiger partial charge in [0.25, 0.3) is 0 Å². The van der Waals surface area contributed by atoms with E-state index >= 15 is 0 Å². The molecule has 1 saturated heterocycles. The normalized spacial score (nSPS) is 25.6. The number of hydrogen-bond acceptors (Lipinski definition) is 5. The van der Waals surface area contributed by atoms with E-state index in [4.69, 9.17) is 5.73 Å². The van der Waals surface area contributed by atoms with E-state index in [-0.39, 0.29) is 5.54 Å². The monoisotopic (exact) mass is 259 g/mol. The third-order valence-corrected chi connectivity index (χ3v) is 3.03. The second kappa shape index (κ2) is 5.53. The fourth-order valence-corrected chi connectivity index (χ4v) is 1.98. The lowest BCUT2D eigenvalue weighted by Gasteiger charge is -2.43. The van der Waals surface area contributed by atoms with Gasteiger partial charge in [0.1, 0.15) is 0 Å². The second-order valence-electron chi connectivity index (χ2n) is 5.43. The number of nitrogens with zero attached hydrogens (tertiary/aromatic N) is 1. The van der Waals surface area contributed by atoms with Crippen LogP contribution in [0.2, 0.25) is 0 Å². The first kappa shape index (κ1) is 14.7. The van der Waals surface area contributed by atoms with Crippen LogP contribution in [0.15, 0.2) is 0 Å². The molecule has 7 nitrogen and oxygen atoms in total. The number of nitrogens with two attached hydrogens (primary N) is 1. The number of aliphatic hydroxyl groups is 1. The van der Waals surface area contributed by atoms with Crippen molar-refractivity contribution in [2.75, 3.05) is 13.1 Å². The highest BCUT2D eigenvalue weighted by molar-refractivity contribution is 5.82. The molecule has 1 fully saturated rings. The van der Waals surface area contributed by atoms with Crippen LogP contribution in [0.5, 0.6) is 0 Å². The van der Waals surface area contributed by atoms with E-state index < -0.39 is 24.3 Å². The summed E-state index contributed by atoms with van der Waals surface area (Å²) in [5.41, 5.74) is 4.69. The molecule has 2 amide bonds. The predicted molar refractivity (Wildman–Crippen MR) is 64.9 cm³/mol. The third-order valence-electron chi connectivity index (χ3n) is 3.03. The van der Waals surface area contributed by atoms with Crippen LogP contribution in [0.4, 0.5) is 9.59 Å². The van der Waals surface area contributed by atoms with Crippen LogP contribution in [-0.4, -0.2) is 53.0 Å². The van der Waals surface area contributed by atoms with Crippen LogP contribution in [-0.2, 0) is 4.74 Å². The Kier molecular flexibility index (Phi) is 4.53.